The Bertz CT molecular complexity index is 403. The maximum absolute atomic E-state index is 13.3. The quantitative estimate of drug-likeness (QED) is 0.838. The van der Waals surface area contributed by atoms with E-state index in [9.17, 15) is 17.6 Å². The van der Waals surface area contributed by atoms with Crippen LogP contribution in [0.3, 0.4) is 0 Å². The van der Waals surface area contributed by atoms with Gasteiger partial charge in [-0.25, -0.2) is 4.39 Å². The highest BCUT2D eigenvalue weighted by Crippen LogP contribution is 2.27. The van der Waals surface area contributed by atoms with Gasteiger partial charge in [0, 0.05) is 6.42 Å². The standard InChI is InChI=1S/C11H13F4NO/c1-6-3-9(17-2)7(4-8(6)12)5-10(16)11(13,14)15/h3-4,10H,5,16H2,1-2H3. The van der Waals surface area contributed by atoms with Crippen molar-refractivity contribution in [1.82, 2.24) is 0 Å². The number of benzene rings is 1. The van der Waals surface area contributed by atoms with E-state index in [2.05, 4.69) is 0 Å². The number of hydrogen-bond acceptors (Lipinski definition) is 2. The second-order valence-electron chi connectivity index (χ2n) is 3.77. The Hall–Kier alpha value is -1.30. The van der Waals surface area contributed by atoms with Gasteiger partial charge in [0.15, 0.2) is 0 Å². The van der Waals surface area contributed by atoms with Crippen molar-refractivity contribution in [3.8, 4) is 5.75 Å². The van der Waals surface area contributed by atoms with Crippen LogP contribution in [0.1, 0.15) is 11.1 Å². The summed E-state index contributed by atoms with van der Waals surface area (Å²) in [6, 6.07) is 0.353. The molecular weight excluding hydrogens is 238 g/mol. The molecule has 0 bridgehead atoms. The number of hydrogen-bond donors (Lipinski definition) is 1. The van der Waals surface area contributed by atoms with Gasteiger partial charge in [-0.05, 0) is 30.2 Å². The third-order valence-corrected chi connectivity index (χ3v) is 2.42. The van der Waals surface area contributed by atoms with E-state index < -0.39 is 24.5 Å². The molecule has 0 saturated heterocycles. The van der Waals surface area contributed by atoms with Gasteiger partial charge in [0.25, 0.3) is 0 Å². The molecule has 0 saturated carbocycles. The molecule has 17 heavy (non-hydrogen) atoms. The van der Waals surface area contributed by atoms with Crippen LogP contribution in [0.2, 0.25) is 0 Å². The average molecular weight is 251 g/mol. The number of rotatable bonds is 3. The summed E-state index contributed by atoms with van der Waals surface area (Å²) in [7, 11) is 1.31. The van der Waals surface area contributed by atoms with Gasteiger partial charge in [-0.3, -0.25) is 0 Å². The van der Waals surface area contributed by atoms with Crippen molar-refractivity contribution in [2.45, 2.75) is 25.6 Å². The monoisotopic (exact) mass is 251 g/mol. The third kappa shape index (κ3) is 3.33. The Balaban J connectivity index is 3.02. The van der Waals surface area contributed by atoms with Crippen molar-refractivity contribution in [2.24, 2.45) is 5.73 Å². The molecule has 0 spiro atoms. The molecule has 0 heterocycles. The number of ether oxygens (including phenoxy) is 1. The van der Waals surface area contributed by atoms with Crippen LogP contribution in [0.25, 0.3) is 0 Å². The first-order valence-corrected chi connectivity index (χ1v) is 4.91. The minimum absolute atomic E-state index is 0.112. The zero-order valence-corrected chi connectivity index (χ0v) is 9.44. The fourth-order valence-electron chi connectivity index (χ4n) is 1.40. The van der Waals surface area contributed by atoms with Gasteiger partial charge >= 0.3 is 6.18 Å². The van der Waals surface area contributed by atoms with Crippen molar-refractivity contribution in [2.75, 3.05) is 7.11 Å². The fourth-order valence-corrected chi connectivity index (χ4v) is 1.40. The molecule has 1 aromatic carbocycles. The summed E-state index contributed by atoms with van der Waals surface area (Å²) in [6.07, 6.45) is -5.02. The summed E-state index contributed by atoms with van der Waals surface area (Å²) in [5, 5.41) is 0. The normalized spacial score (nSPS) is 13.6. The van der Waals surface area contributed by atoms with Crippen molar-refractivity contribution < 1.29 is 22.3 Å². The number of aryl methyl sites for hydroxylation is 1. The molecule has 0 aromatic heterocycles. The summed E-state index contributed by atoms with van der Waals surface area (Å²) in [4.78, 5) is 0. The minimum atomic E-state index is -4.51. The molecule has 1 atom stereocenters. The third-order valence-electron chi connectivity index (χ3n) is 2.42. The van der Waals surface area contributed by atoms with E-state index in [1.54, 1.807) is 0 Å². The molecule has 0 aliphatic rings. The highest BCUT2D eigenvalue weighted by atomic mass is 19.4. The minimum Gasteiger partial charge on any atom is -0.496 e. The first-order valence-electron chi connectivity index (χ1n) is 4.91. The van der Waals surface area contributed by atoms with Crippen LogP contribution in [0.4, 0.5) is 17.6 Å². The molecule has 0 fully saturated rings. The Morgan fingerprint density at radius 1 is 1.35 bits per heavy atom. The van der Waals surface area contributed by atoms with E-state index in [1.165, 1.54) is 20.1 Å². The summed E-state index contributed by atoms with van der Waals surface area (Å²) in [5.74, 6) is -0.362. The molecule has 1 unspecified atom stereocenters. The number of methoxy groups -OCH3 is 1. The average Bonchev–Trinajstić information content (AvgIpc) is 2.21. The Morgan fingerprint density at radius 2 is 1.94 bits per heavy atom. The first kappa shape index (κ1) is 13.8. The number of nitrogens with two attached hydrogens (primary N) is 1. The van der Waals surface area contributed by atoms with Crippen LogP contribution in [-0.2, 0) is 6.42 Å². The van der Waals surface area contributed by atoms with Crippen molar-refractivity contribution in [3.05, 3.63) is 29.1 Å². The van der Waals surface area contributed by atoms with Crippen LogP contribution < -0.4 is 10.5 Å². The number of halogens is 4. The zero-order valence-electron chi connectivity index (χ0n) is 9.44. The van der Waals surface area contributed by atoms with Crippen molar-refractivity contribution in [3.63, 3.8) is 0 Å². The lowest BCUT2D eigenvalue weighted by atomic mass is 10.0. The summed E-state index contributed by atoms with van der Waals surface area (Å²) < 4.78 is 55.0. The first-order chi connectivity index (χ1) is 7.75. The van der Waals surface area contributed by atoms with Crippen LogP contribution >= 0.6 is 0 Å². The van der Waals surface area contributed by atoms with Gasteiger partial charge in [0.05, 0.1) is 7.11 Å². The Labute approximate surface area is 96.4 Å². The van der Waals surface area contributed by atoms with E-state index in [0.717, 1.165) is 6.07 Å². The molecule has 2 N–H and O–H groups in total. The zero-order chi connectivity index (χ0) is 13.2. The summed E-state index contributed by atoms with van der Waals surface area (Å²) in [5.41, 5.74) is 5.41. The maximum Gasteiger partial charge on any atom is 0.403 e. The van der Waals surface area contributed by atoms with E-state index in [0.29, 0.717) is 5.56 Å². The summed E-state index contributed by atoms with van der Waals surface area (Å²) >= 11 is 0. The van der Waals surface area contributed by atoms with Gasteiger partial charge in [-0.15, -0.1) is 0 Å². The second kappa shape index (κ2) is 4.91. The Morgan fingerprint density at radius 3 is 2.41 bits per heavy atom. The molecule has 6 heteroatoms. The van der Waals surface area contributed by atoms with Gasteiger partial charge in [0.2, 0.25) is 0 Å². The lowest BCUT2D eigenvalue weighted by molar-refractivity contribution is -0.147. The molecule has 1 rings (SSSR count). The lowest BCUT2D eigenvalue weighted by Crippen LogP contribution is -2.39. The highest BCUT2D eigenvalue weighted by Gasteiger charge is 2.37. The topological polar surface area (TPSA) is 35.2 Å². The van der Waals surface area contributed by atoms with Crippen molar-refractivity contribution >= 4 is 0 Å². The molecule has 0 radical (unpaired) electrons. The fraction of sp³-hybridized carbons (Fsp3) is 0.455. The van der Waals surface area contributed by atoms with Gasteiger partial charge in [0.1, 0.15) is 17.6 Å². The predicted molar refractivity (Wildman–Crippen MR) is 55.4 cm³/mol. The molecule has 2 nitrogen and oxygen atoms in total. The van der Waals surface area contributed by atoms with E-state index in [1.807, 2.05) is 0 Å². The molecule has 0 aliphatic heterocycles. The van der Waals surface area contributed by atoms with E-state index in [-0.39, 0.29) is 11.3 Å². The van der Waals surface area contributed by atoms with Crippen LogP contribution in [0.15, 0.2) is 12.1 Å². The number of alkyl halides is 3. The molecule has 96 valence electrons. The molecule has 0 amide bonds. The van der Waals surface area contributed by atoms with Crippen LogP contribution in [-0.4, -0.2) is 19.3 Å². The molecule has 0 aliphatic carbocycles. The maximum atomic E-state index is 13.3. The highest BCUT2D eigenvalue weighted by molar-refractivity contribution is 5.38. The smallest absolute Gasteiger partial charge is 0.403 e. The van der Waals surface area contributed by atoms with Gasteiger partial charge in [-0.1, -0.05) is 0 Å². The SMILES string of the molecule is COc1cc(C)c(F)cc1CC(N)C(F)(F)F. The Kier molecular flexibility index (Phi) is 3.98. The predicted octanol–water partition coefficient (Wildman–Crippen LogP) is 2.57. The van der Waals surface area contributed by atoms with Gasteiger partial charge in [-0.2, -0.15) is 13.2 Å². The largest absolute Gasteiger partial charge is 0.496 e. The van der Waals surface area contributed by atoms with Crippen molar-refractivity contribution in [1.29, 1.82) is 0 Å². The summed E-state index contributed by atoms with van der Waals surface area (Å²) in [6.45, 7) is 1.51. The lowest BCUT2D eigenvalue weighted by Gasteiger charge is -2.17. The second-order valence-corrected chi connectivity index (χ2v) is 3.77. The molecule has 1 aromatic rings. The van der Waals surface area contributed by atoms with Crippen LogP contribution in [0, 0.1) is 12.7 Å². The van der Waals surface area contributed by atoms with E-state index >= 15 is 0 Å². The van der Waals surface area contributed by atoms with Crippen LogP contribution in [0.5, 0.6) is 5.75 Å². The molecular formula is C11H13F4NO. The van der Waals surface area contributed by atoms with Gasteiger partial charge < -0.3 is 10.5 Å². The van der Waals surface area contributed by atoms with E-state index in [4.69, 9.17) is 10.5 Å².